The Kier molecular flexibility index (Phi) is 4.66. The molecule has 1 atom stereocenters. The van der Waals surface area contributed by atoms with Crippen molar-refractivity contribution in [2.45, 2.75) is 25.9 Å². The molecule has 1 heterocycles. The van der Waals surface area contributed by atoms with E-state index in [2.05, 4.69) is 29.8 Å². The summed E-state index contributed by atoms with van der Waals surface area (Å²) in [7, 11) is 0. The van der Waals surface area contributed by atoms with Crippen LogP contribution in [0.15, 0.2) is 17.5 Å². The molecule has 0 spiro atoms. The van der Waals surface area contributed by atoms with E-state index in [4.69, 9.17) is 11.6 Å². The van der Waals surface area contributed by atoms with Gasteiger partial charge in [-0.05, 0) is 24.8 Å². The average molecular weight is 204 g/mol. The molecule has 0 aliphatic carbocycles. The van der Waals surface area contributed by atoms with Gasteiger partial charge < -0.3 is 5.32 Å². The molecular formula is C9H14ClNS. The summed E-state index contributed by atoms with van der Waals surface area (Å²) < 4.78 is 0. The second kappa shape index (κ2) is 5.57. The summed E-state index contributed by atoms with van der Waals surface area (Å²) in [4.78, 5) is 1.39. The molecule has 0 bridgehead atoms. The quantitative estimate of drug-likeness (QED) is 0.726. The number of alkyl halides is 1. The second-order valence-corrected chi connectivity index (χ2v) is 4.25. The first-order chi connectivity index (χ1) is 5.83. The predicted octanol–water partition coefficient (Wildman–Crippen LogP) is 2.86. The fourth-order valence-electron chi connectivity index (χ4n) is 0.954. The Labute approximate surface area is 82.7 Å². The molecule has 1 rings (SSSR count). The highest BCUT2D eigenvalue weighted by Crippen LogP contribution is 2.08. The summed E-state index contributed by atoms with van der Waals surface area (Å²) >= 11 is 7.41. The number of nitrogens with one attached hydrogen (secondary N) is 1. The van der Waals surface area contributed by atoms with E-state index in [-0.39, 0.29) is 0 Å². The molecule has 1 unspecified atom stereocenters. The zero-order valence-corrected chi connectivity index (χ0v) is 8.79. The molecular weight excluding hydrogens is 190 g/mol. The largest absolute Gasteiger partial charge is 0.309 e. The number of hydrogen-bond acceptors (Lipinski definition) is 2. The molecule has 0 saturated heterocycles. The van der Waals surface area contributed by atoms with E-state index in [1.165, 1.54) is 4.88 Å². The molecule has 0 saturated carbocycles. The van der Waals surface area contributed by atoms with E-state index >= 15 is 0 Å². The van der Waals surface area contributed by atoms with E-state index < -0.39 is 0 Å². The summed E-state index contributed by atoms with van der Waals surface area (Å²) in [5.74, 6) is 0.735. The van der Waals surface area contributed by atoms with Gasteiger partial charge in [-0.25, -0.2) is 0 Å². The Hall–Kier alpha value is -0.0500. The third-order valence-electron chi connectivity index (χ3n) is 1.75. The molecule has 1 nitrogen and oxygen atoms in total. The van der Waals surface area contributed by atoms with Gasteiger partial charge in [0.2, 0.25) is 0 Å². The highest BCUT2D eigenvalue weighted by Gasteiger charge is 1.99. The Morgan fingerprint density at radius 2 is 2.50 bits per heavy atom. The zero-order valence-electron chi connectivity index (χ0n) is 7.22. The van der Waals surface area contributed by atoms with Gasteiger partial charge in [0.1, 0.15) is 0 Å². The summed E-state index contributed by atoms with van der Waals surface area (Å²) in [5, 5.41) is 5.51. The fourth-order valence-corrected chi connectivity index (χ4v) is 1.94. The number of halogens is 1. The van der Waals surface area contributed by atoms with Crippen LogP contribution >= 0.6 is 22.9 Å². The third-order valence-corrected chi connectivity index (χ3v) is 2.84. The topological polar surface area (TPSA) is 12.0 Å². The molecule has 0 aromatic carbocycles. The van der Waals surface area contributed by atoms with Gasteiger partial charge in [-0.1, -0.05) is 6.07 Å². The Morgan fingerprint density at radius 1 is 1.67 bits per heavy atom. The first-order valence-corrected chi connectivity index (χ1v) is 5.56. The molecule has 1 aromatic rings. The standard InChI is InChI=1S/C9H14ClNS/c1-8(4-5-10)11-7-9-3-2-6-12-9/h2-3,6,8,11H,4-5,7H2,1H3. The summed E-state index contributed by atoms with van der Waals surface area (Å²) in [5.41, 5.74) is 0. The Bertz CT molecular complexity index is 198. The number of rotatable bonds is 5. The maximum atomic E-state index is 5.62. The van der Waals surface area contributed by atoms with Crippen molar-refractivity contribution in [3.05, 3.63) is 22.4 Å². The van der Waals surface area contributed by atoms with Gasteiger partial charge in [-0.15, -0.1) is 22.9 Å². The minimum absolute atomic E-state index is 0.518. The second-order valence-electron chi connectivity index (χ2n) is 2.84. The van der Waals surface area contributed by atoms with Gasteiger partial charge in [-0.3, -0.25) is 0 Å². The predicted molar refractivity (Wildman–Crippen MR) is 56.0 cm³/mol. The molecule has 68 valence electrons. The molecule has 0 radical (unpaired) electrons. The van der Waals surface area contributed by atoms with Crippen LogP contribution in [-0.4, -0.2) is 11.9 Å². The average Bonchev–Trinajstić information content (AvgIpc) is 2.53. The van der Waals surface area contributed by atoms with Crippen LogP contribution in [0.25, 0.3) is 0 Å². The number of hydrogen-bond donors (Lipinski definition) is 1. The van der Waals surface area contributed by atoms with Gasteiger partial charge in [0, 0.05) is 23.3 Å². The first kappa shape index (κ1) is 10.0. The van der Waals surface area contributed by atoms with Crippen molar-refractivity contribution in [2.75, 3.05) is 5.88 Å². The van der Waals surface area contributed by atoms with Crippen LogP contribution < -0.4 is 5.32 Å². The first-order valence-electron chi connectivity index (χ1n) is 4.14. The van der Waals surface area contributed by atoms with Crippen LogP contribution in [0.5, 0.6) is 0 Å². The van der Waals surface area contributed by atoms with E-state index in [1.54, 1.807) is 11.3 Å². The molecule has 0 aliphatic heterocycles. The molecule has 0 fully saturated rings. The van der Waals surface area contributed by atoms with Crippen molar-refractivity contribution in [3.63, 3.8) is 0 Å². The molecule has 0 aliphatic rings. The molecule has 3 heteroatoms. The van der Waals surface area contributed by atoms with Gasteiger partial charge >= 0.3 is 0 Å². The van der Waals surface area contributed by atoms with Crippen LogP contribution in [-0.2, 0) is 6.54 Å². The van der Waals surface area contributed by atoms with Crippen molar-refractivity contribution in [2.24, 2.45) is 0 Å². The normalized spacial score (nSPS) is 13.2. The summed E-state index contributed by atoms with van der Waals surface area (Å²) in [6.45, 7) is 3.13. The highest BCUT2D eigenvalue weighted by molar-refractivity contribution is 7.09. The molecule has 0 amide bonds. The van der Waals surface area contributed by atoms with Crippen LogP contribution in [0.1, 0.15) is 18.2 Å². The highest BCUT2D eigenvalue weighted by atomic mass is 35.5. The van der Waals surface area contributed by atoms with E-state index in [9.17, 15) is 0 Å². The van der Waals surface area contributed by atoms with Crippen LogP contribution in [0.3, 0.4) is 0 Å². The minimum atomic E-state index is 0.518. The van der Waals surface area contributed by atoms with E-state index in [1.807, 2.05) is 0 Å². The van der Waals surface area contributed by atoms with Gasteiger partial charge in [0.05, 0.1) is 0 Å². The maximum Gasteiger partial charge on any atom is 0.0302 e. The summed E-state index contributed by atoms with van der Waals surface area (Å²) in [6, 6.07) is 4.74. The fraction of sp³-hybridized carbons (Fsp3) is 0.556. The molecule has 1 aromatic heterocycles. The smallest absolute Gasteiger partial charge is 0.0302 e. The van der Waals surface area contributed by atoms with Crippen LogP contribution in [0, 0.1) is 0 Å². The lowest BCUT2D eigenvalue weighted by atomic mass is 10.2. The van der Waals surface area contributed by atoms with Gasteiger partial charge in [-0.2, -0.15) is 0 Å². The van der Waals surface area contributed by atoms with Crippen molar-refractivity contribution >= 4 is 22.9 Å². The van der Waals surface area contributed by atoms with E-state index in [0.717, 1.165) is 18.8 Å². The van der Waals surface area contributed by atoms with Crippen molar-refractivity contribution in [3.8, 4) is 0 Å². The lowest BCUT2D eigenvalue weighted by Gasteiger charge is -2.10. The van der Waals surface area contributed by atoms with Crippen LogP contribution in [0.2, 0.25) is 0 Å². The minimum Gasteiger partial charge on any atom is -0.309 e. The maximum absolute atomic E-state index is 5.62. The van der Waals surface area contributed by atoms with E-state index in [0.29, 0.717) is 6.04 Å². The van der Waals surface area contributed by atoms with Crippen molar-refractivity contribution in [1.82, 2.24) is 5.32 Å². The van der Waals surface area contributed by atoms with Gasteiger partial charge in [0.25, 0.3) is 0 Å². The van der Waals surface area contributed by atoms with Crippen molar-refractivity contribution < 1.29 is 0 Å². The zero-order chi connectivity index (χ0) is 8.81. The third kappa shape index (κ3) is 3.57. The van der Waals surface area contributed by atoms with Crippen molar-refractivity contribution in [1.29, 1.82) is 0 Å². The van der Waals surface area contributed by atoms with Gasteiger partial charge in [0.15, 0.2) is 0 Å². The number of thiophene rings is 1. The Morgan fingerprint density at radius 3 is 3.08 bits per heavy atom. The summed E-state index contributed by atoms with van der Waals surface area (Å²) in [6.07, 6.45) is 1.03. The molecule has 12 heavy (non-hydrogen) atoms. The lowest BCUT2D eigenvalue weighted by molar-refractivity contribution is 0.539. The SMILES string of the molecule is CC(CCCl)NCc1cccs1. The van der Waals surface area contributed by atoms with Crippen LogP contribution in [0.4, 0.5) is 0 Å². The lowest BCUT2D eigenvalue weighted by Crippen LogP contribution is -2.25. The molecule has 1 N–H and O–H groups in total. The monoisotopic (exact) mass is 203 g/mol. The Balaban J connectivity index is 2.17.